The van der Waals surface area contributed by atoms with Crippen LogP contribution in [-0.4, -0.2) is 0 Å². The zero-order valence-corrected chi connectivity index (χ0v) is 15.5. The average molecular weight is 305 g/mol. The van der Waals surface area contributed by atoms with E-state index in [9.17, 15) is 0 Å². The van der Waals surface area contributed by atoms with Crippen LogP contribution in [0.1, 0.15) is 81.2 Å². The standard InChI is InChI=1S/C23H29/c1-16-14-20-21(23(5,6)13-12-22(20,3)4)15-19(16)17(2)18-10-8-7-9-11-18/h7-8,10-11,14-15,17H,12-13H2,1-6H3. The Kier molecular flexibility index (Phi) is 3.91. The lowest BCUT2D eigenvalue weighted by Crippen LogP contribution is -2.34. The zero-order chi connectivity index (χ0) is 16.8. The molecule has 0 amide bonds. The van der Waals surface area contributed by atoms with Crippen LogP contribution in [0.2, 0.25) is 0 Å². The molecule has 0 bridgehead atoms. The molecule has 1 radical (unpaired) electrons. The molecule has 0 N–H and O–H groups in total. The molecule has 0 fully saturated rings. The minimum Gasteiger partial charge on any atom is -0.0614 e. The van der Waals surface area contributed by atoms with Crippen LogP contribution in [0.25, 0.3) is 0 Å². The lowest BCUT2D eigenvalue weighted by atomic mass is 9.62. The number of hydrogen-bond donors (Lipinski definition) is 0. The number of rotatable bonds is 2. The Hall–Kier alpha value is -1.56. The molecule has 23 heavy (non-hydrogen) atoms. The lowest BCUT2D eigenvalue weighted by Gasteiger charge is -2.42. The first-order valence-corrected chi connectivity index (χ1v) is 8.84. The predicted octanol–water partition coefficient (Wildman–Crippen LogP) is 6.30. The van der Waals surface area contributed by atoms with Crippen LogP contribution < -0.4 is 0 Å². The molecule has 0 heteroatoms. The maximum Gasteiger partial charge on any atom is 0.00639 e. The fourth-order valence-corrected chi connectivity index (χ4v) is 4.06. The Morgan fingerprint density at radius 3 is 2.17 bits per heavy atom. The second kappa shape index (κ2) is 5.51. The number of fused-ring (bicyclic) bond motifs is 1. The number of aryl methyl sites for hydroxylation is 1. The van der Waals surface area contributed by atoms with Gasteiger partial charge in [-0.3, -0.25) is 0 Å². The van der Waals surface area contributed by atoms with Crippen LogP contribution in [0.15, 0.2) is 36.4 Å². The maximum atomic E-state index is 3.22. The smallest absolute Gasteiger partial charge is 0.00639 e. The predicted molar refractivity (Wildman–Crippen MR) is 99.3 cm³/mol. The van der Waals surface area contributed by atoms with Gasteiger partial charge < -0.3 is 0 Å². The quantitative estimate of drug-likeness (QED) is 0.611. The van der Waals surface area contributed by atoms with E-state index in [2.05, 4.69) is 77.9 Å². The van der Waals surface area contributed by atoms with E-state index in [4.69, 9.17) is 0 Å². The van der Waals surface area contributed by atoms with Crippen molar-refractivity contribution in [2.24, 2.45) is 0 Å². The molecule has 1 unspecified atom stereocenters. The topological polar surface area (TPSA) is 0 Å². The third-order valence-electron chi connectivity index (χ3n) is 5.94. The Labute approximate surface area is 141 Å². The van der Waals surface area contributed by atoms with Crippen molar-refractivity contribution in [3.05, 3.63) is 70.3 Å². The van der Waals surface area contributed by atoms with E-state index >= 15 is 0 Å². The summed E-state index contributed by atoms with van der Waals surface area (Å²) in [7, 11) is 0. The van der Waals surface area contributed by atoms with E-state index in [0.717, 1.165) is 0 Å². The van der Waals surface area contributed by atoms with E-state index in [-0.39, 0.29) is 10.8 Å². The molecule has 0 saturated carbocycles. The van der Waals surface area contributed by atoms with Gasteiger partial charge in [-0.2, -0.15) is 0 Å². The summed E-state index contributed by atoms with van der Waals surface area (Å²) >= 11 is 0. The van der Waals surface area contributed by atoms with Crippen molar-refractivity contribution < 1.29 is 0 Å². The van der Waals surface area contributed by atoms with Crippen molar-refractivity contribution in [2.75, 3.05) is 0 Å². The third-order valence-corrected chi connectivity index (χ3v) is 5.94. The van der Waals surface area contributed by atoms with Crippen LogP contribution in [-0.2, 0) is 10.8 Å². The van der Waals surface area contributed by atoms with Gasteiger partial charge in [0.1, 0.15) is 0 Å². The number of hydrogen-bond acceptors (Lipinski definition) is 0. The molecule has 0 heterocycles. The first-order valence-electron chi connectivity index (χ1n) is 8.84. The van der Waals surface area contributed by atoms with E-state index in [0.29, 0.717) is 5.92 Å². The highest BCUT2D eigenvalue weighted by Gasteiger charge is 2.37. The number of benzene rings is 2. The molecule has 1 aliphatic carbocycles. The van der Waals surface area contributed by atoms with Crippen molar-refractivity contribution >= 4 is 0 Å². The van der Waals surface area contributed by atoms with Gasteiger partial charge >= 0.3 is 0 Å². The molecule has 0 saturated heterocycles. The van der Waals surface area contributed by atoms with Crippen LogP contribution >= 0.6 is 0 Å². The van der Waals surface area contributed by atoms with Gasteiger partial charge in [0.2, 0.25) is 0 Å². The highest BCUT2D eigenvalue weighted by molar-refractivity contribution is 5.49. The van der Waals surface area contributed by atoms with Crippen molar-refractivity contribution in [2.45, 2.75) is 71.1 Å². The van der Waals surface area contributed by atoms with Crippen molar-refractivity contribution in [3.8, 4) is 0 Å². The van der Waals surface area contributed by atoms with Gasteiger partial charge in [-0.25, -0.2) is 0 Å². The molecule has 2 aromatic rings. The van der Waals surface area contributed by atoms with Crippen LogP contribution in [0.5, 0.6) is 0 Å². The second-order valence-electron chi connectivity index (χ2n) is 8.58. The molecule has 2 aromatic carbocycles. The Bertz CT molecular complexity index is 704. The molecule has 0 aromatic heterocycles. The molecule has 0 aliphatic heterocycles. The molecule has 0 spiro atoms. The third kappa shape index (κ3) is 2.84. The Morgan fingerprint density at radius 2 is 1.61 bits per heavy atom. The largest absolute Gasteiger partial charge is 0.0614 e. The summed E-state index contributed by atoms with van der Waals surface area (Å²) in [6, 6.07) is 16.6. The molecule has 3 rings (SSSR count). The van der Waals surface area contributed by atoms with Gasteiger partial charge in [0.15, 0.2) is 0 Å². The van der Waals surface area contributed by atoms with E-state index in [1.54, 1.807) is 11.1 Å². The molecule has 0 nitrogen and oxygen atoms in total. The summed E-state index contributed by atoms with van der Waals surface area (Å²) in [6.07, 6.45) is 2.54. The summed E-state index contributed by atoms with van der Waals surface area (Å²) in [5.41, 5.74) is 7.92. The van der Waals surface area contributed by atoms with Gasteiger partial charge in [0.05, 0.1) is 0 Å². The van der Waals surface area contributed by atoms with Crippen LogP contribution in [0.3, 0.4) is 0 Å². The van der Waals surface area contributed by atoms with Gasteiger partial charge in [-0.1, -0.05) is 71.0 Å². The summed E-state index contributed by atoms with van der Waals surface area (Å²) in [5, 5.41) is 0. The Balaban J connectivity index is 2.15. The molecule has 1 atom stereocenters. The summed E-state index contributed by atoms with van der Waals surface area (Å²) in [4.78, 5) is 0. The van der Waals surface area contributed by atoms with E-state index in [1.165, 1.54) is 29.5 Å². The van der Waals surface area contributed by atoms with Gasteiger partial charge in [0, 0.05) is 5.92 Å². The molecular weight excluding hydrogens is 276 g/mol. The second-order valence-corrected chi connectivity index (χ2v) is 8.58. The van der Waals surface area contributed by atoms with E-state index in [1.807, 2.05) is 6.07 Å². The zero-order valence-electron chi connectivity index (χ0n) is 15.5. The fraction of sp³-hybridized carbons (Fsp3) is 0.478. The Morgan fingerprint density at radius 1 is 1.00 bits per heavy atom. The fourth-order valence-electron chi connectivity index (χ4n) is 4.06. The van der Waals surface area contributed by atoms with Crippen molar-refractivity contribution in [1.82, 2.24) is 0 Å². The van der Waals surface area contributed by atoms with Gasteiger partial charge in [-0.15, -0.1) is 0 Å². The average Bonchev–Trinajstić information content (AvgIpc) is 2.52. The first-order chi connectivity index (χ1) is 10.7. The summed E-state index contributed by atoms with van der Waals surface area (Å²) in [6.45, 7) is 14.2. The van der Waals surface area contributed by atoms with Gasteiger partial charge in [0.25, 0.3) is 0 Å². The minimum atomic E-state index is 0.274. The maximum absolute atomic E-state index is 3.22. The van der Waals surface area contributed by atoms with Crippen LogP contribution in [0, 0.1) is 13.0 Å². The monoisotopic (exact) mass is 305 g/mol. The molecule has 121 valence electrons. The van der Waals surface area contributed by atoms with Crippen LogP contribution in [0.4, 0.5) is 0 Å². The van der Waals surface area contributed by atoms with Crippen molar-refractivity contribution in [3.63, 3.8) is 0 Å². The van der Waals surface area contributed by atoms with E-state index < -0.39 is 0 Å². The lowest BCUT2D eigenvalue weighted by molar-refractivity contribution is 0.331. The normalized spacial score (nSPS) is 19.9. The van der Waals surface area contributed by atoms with Crippen molar-refractivity contribution in [1.29, 1.82) is 0 Å². The minimum absolute atomic E-state index is 0.274. The summed E-state index contributed by atoms with van der Waals surface area (Å²) < 4.78 is 0. The highest BCUT2D eigenvalue weighted by Crippen LogP contribution is 2.47. The first kappa shape index (κ1) is 16.3. The highest BCUT2D eigenvalue weighted by atomic mass is 14.4. The molecular formula is C23H29. The SMILES string of the molecule is Cc1cc2c(cc1C(C)c1c[c]ccc1)C(C)(C)CCC2(C)C. The summed E-state index contributed by atoms with van der Waals surface area (Å²) in [5.74, 6) is 0.415. The van der Waals surface area contributed by atoms with Gasteiger partial charge in [-0.05, 0) is 64.5 Å². The molecule has 1 aliphatic rings.